The van der Waals surface area contributed by atoms with Gasteiger partial charge in [0.2, 0.25) is 0 Å². The van der Waals surface area contributed by atoms with Crippen LogP contribution in [0.5, 0.6) is 0 Å². The van der Waals surface area contributed by atoms with E-state index in [-0.39, 0.29) is 11.8 Å². The Morgan fingerprint density at radius 3 is 2.57 bits per heavy atom. The van der Waals surface area contributed by atoms with Gasteiger partial charge in [0.15, 0.2) is 0 Å². The van der Waals surface area contributed by atoms with Crippen molar-refractivity contribution in [2.24, 2.45) is 17.8 Å². The highest BCUT2D eigenvalue weighted by Gasteiger charge is 2.45. The summed E-state index contributed by atoms with van der Waals surface area (Å²) in [4.78, 5) is 23.3. The molecule has 3 atom stereocenters. The van der Waals surface area contributed by atoms with E-state index in [0.29, 0.717) is 25.0 Å². The number of carbonyl (C=O) groups is 1. The molecular weight excluding hydrogens is 294 g/mol. The fourth-order valence-corrected chi connectivity index (χ4v) is 4.62. The zero-order valence-electron chi connectivity index (χ0n) is 14.0. The van der Waals surface area contributed by atoms with Gasteiger partial charge in [0.1, 0.15) is 0 Å². The largest absolute Gasteiger partial charge is 0.380 e. The van der Waals surface area contributed by atoms with E-state index >= 15 is 0 Å². The number of fused-ring (bicyclic) bond motifs is 1. The Labute approximate surface area is 138 Å². The van der Waals surface area contributed by atoms with Crippen LogP contribution in [0.3, 0.4) is 0 Å². The van der Waals surface area contributed by atoms with Gasteiger partial charge in [0.05, 0.1) is 32.3 Å². The standard InChI is InChI=1S/C17H29N3O3/c21-17(20-6-3-9-23-20)16-13-22-12-14-10-19(11-15(14)16)8-7-18-4-1-2-5-18/h14-16H,1-13H2/t14-,15-,16-/m1/s1. The SMILES string of the molecule is O=C([C@@H]1COC[C@H]2CN(CCN3CCCC3)C[C@H]21)N1CCCO1. The third kappa shape index (κ3) is 3.40. The summed E-state index contributed by atoms with van der Waals surface area (Å²) in [7, 11) is 0. The number of carbonyl (C=O) groups excluding carboxylic acids is 1. The van der Waals surface area contributed by atoms with Crippen LogP contribution in [0.1, 0.15) is 19.3 Å². The predicted octanol–water partition coefficient (Wildman–Crippen LogP) is 0.441. The summed E-state index contributed by atoms with van der Waals surface area (Å²) in [6.45, 7) is 9.77. The average Bonchev–Trinajstić information content (AvgIpc) is 3.32. The van der Waals surface area contributed by atoms with Crippen LogP contribution in [0.2, 0.25) is 0 Å². The molecular formula is C17H29N3O3. The monoisotopic (exact) mass is 323 g/mol. The second-order valence-electron chi connectivity index (χ2n) is 7.50. The second kappa shape index (κ2) is 7.05. The number of nitrogens with zero attached hydrogens (tertiary/aromatic N) is 3. The van der Waals surface area contributed by atoms with E-state index in [4.69, 9.17) is 9.57 Å². The Balaban J connectivity index is 1.33. The van der Waals surface area contributed by atoms with E-state index in [2.05, 4.69) is 9.80 Å². The van der Waals surface area contributed by atoms with Gasteiger partial charge in [-0.05, 0) is 44.2 Å². The molecule has 0 radical (unpaired) electrons. The highest BCUT2D eigenvalue weighted by molar-refractivity contribution is 5.78. The van der Waals surface area contributed by atoms with Gasteiger partial charge in [-0.15, -0.1) is 0 Å². The second-order valence-corrected chi connectivity index (χ2v) is 7.50. The summed E-state index contributed by atoms with van der Waals surface area (Å²) in [6, 6.07) is 0. The van der Waals surface area contributed by atoms with Crippen LogP contribution >= 0.6 is 0 Å². The van der Waals surface area contributed by atoms with Crippen molar-refractivity contribution >= 4 is 5.91 Å². The lowest BCUT2D eigenvalue weighted by atomic mass is 9.82. The molecule has 4 saturated heterocycles. The minimum Gasteiger partial charge on any atom is -0.380 e. The van der Waals surface area contributed by atoms with Crippen LogP contribution in [-0.2, 0) is 14.4 Å². The Morgan fingerprint density at radius 1 is 0.957 bits per heavy atom. The van der Waals surface area contributed by atoms with Crippen molar-refractivity contribution in [2.45, 2.75) is 19.3 Å². The summed E-state index contributed by atoms with van der Waals surface area (Å²) in [5, 5.41) is 1.59. The van der Waals surface area contributed by atoms with Crippen LogP contribution in [0.4, 0.5) is 0 Å². The Bertz CT molecular complexity index is 421. The Morgan fingerprint density at radius 2 is 1.78 bits per heavy atom. The van der Waals surface area contributed by atoms with Crippen molar-refractivity contribution < 1.29 is 14.4 Å². The first kappa shape index (κ1) is 15.8. The highest BCUT2D eigenvalue weighted by Crippen LogP contribution is 2.35. The molecule has 0 aromatic heterocycles. The number of rotatable bonds is 4. The summed E-state index contributed by atoms with van der Waals surface area (Å²) in [6.07, 6.45) is 3.66. The topological polar surface area (TPSA) is 45.2 Å². The summed E-state index contributed by atoms with van der Waals surface area (Å²) >= 11 is 0. The zero-order chi connectivity index (χ0) is 15.6. The van der Waals surface area contributed by atoms with Gasteiger partial charge in [-0.3, -0.25) is 9.63 Å². The molecule has 0 spiro atoms. The molecule has 1 amide bonds. The normalized spacial score (nSPS) is 35.8. The fourth-order valence-electron chi connectivity index (χ4n) is 4.62. The molecule has 4 aliphatic rings. The number of amides is 1. The molecule has 4 aliphatic heterocycles. The highest BCUT2D eigenvalue weighted by atomic mass is 16.7. The first-order valence-electron chi connectivity index (χ1n) is 9.28. The van der Waals surface area contributed by atoms with Crippen molar-refractivity contribution in [1.82, 2.24) is 14.9 Å². The molecule has 0 aromatic carbocycles. The smallest absolute Gasteiger partial charge is 0.251 e. The summed E-state index contributed by atoms with van der Waals surface area (Å²) < 4.78 is 5.76. The number of hydroxylamine groups is 2. The minimum absolute atomic E-state index is 0.0105. The van der Waals surface area contributed by atoms with Crippen molar-refractivity contribution in [3.05, 3.63) is 0 Å². The quantitative estimate of drug-likeness (QED) is 0.751. The molecule has 0 aliphatic carbocycles. The molecule has 4 heterocycles. The van der Waals surface area contributed by atoms with Crippen LogP contribution in [0, 0.1) is 17.8 Å². The van der Waals surface area contributed by atoms with Crippen LogP contribution in [0.15, 0.2) is 0 Å². The zero-order valence-corrected chi connectivity index (χ0v) is 14.0. The van der Waals surface area contributed by atoms with Crippen molar-refractivity contribution in [1.29, 1.82) is 0 Å². The molecule has 6 heteroatoms. The van der Waals surface area contributed by atoms with Crippen molar-refractivity contribution in [3.8, 4) is 0 Å². The number of ether oxygens (including phenoxy) is 1. The fraction of sp³-hybridized carbons (Fsp3) is 0.941. The van der Waals surface area contributed by atoms with E-state index in [9.17, 15) is 4.79 Å². The Kier molecular flexibility index (Phi) is 4.85. The first-order chi connectivity index (χ1) is 11.3. The van der Waals surface area contributed by atoms with E-state index in [0.717, 1.165) is 39.2 Å². The van der Waals surface area contributed by atoms with Gasteiger partial charge >= 0.3 is 0 Å². The number of hydrogen-bond acceptors (Lipinski definition) is 5. The molecule has 0 aromatic rings. The first-order valence-corrected chi connectivity index (χ1v) is 9.28. The lowest BCUT2D eigenvalue weighted by Crippen LogP contribution is -2.45. The van der Waals surface area contributed by atoms with Gasteiger partial charge < -0.3 is 14.5 Å². The lowest BCUT2D eigenvalue weighted by Gasteiger charge is -2.33. The lowest BCUT2D eigenvalue weighted by molar-refractivity contribution is -0.181. The van der Waals surface area contributed by atoms with Gasteiger partial charge in [-0.25, -0.2) is 5.06 Å². The minimum atomic E-state index is -0.0105. The molecule has 0 bridgehead atoms. The average molecular weight is 323 g/mol. The third-order valence-electron chi connectivity index (χ3n) is 5.96. The number of hydrogen-bond donors (Lipinski definition) is 0. The molecule has 6 nitrogen and oxygen atoms in total. The summed E-state index contributed by atoms with van der Waals surface area (Å²) in [5.41, 5.74) is 0. The molecule has 0 N–H and O–H groups in total. The van der Waals surface area contributed by atoms with Crippen LogP contribution in [0.25, 0.3) is 0 Å². The maximum atomic E-state index is 12.7. The maximum absolute atomic E-state index is 12.7. The van der Waals surface area contributed by atoms with Crippen molar-refractivity contribution in [3.63, 3.8) is 0 Å². The van der Waals surface area contributed by atoms with Gasteiger partial charge in [-0.2, -0.15) is 0 Å². The maximum Gasteiger partial charge on any atom is 0.251 e. The van der Waals surface area contributed by atoms with E-state index < -0.39 is 0 Å². The molecule has 0 unspecified atom stereocenters. The number of likely N-dealkylation sites (tertiary alicyclic amines) is 2. The molecule has 4 rings (SSSR count). The third-order valence-corrected chi connectivity index (χ3v) is 5.96. The van der Waals surface area contributed by atoms with Crippen LogP contribution < -0.4 is 0 Å². The predicted molar refractivity (Wildman–Crippen MR) is 85.7 cm³/mol. The summed E-state index contributed by atoms with van der Waals surface area (Å²) in [5.74, 6) is 1.10. The van der Waals surface area contributed by atoms with Gasteiger partial charge in [0.25, 0.3) is 5.91 Å². The molecule has 4 fully saturated rings. The van der Waals surface area contributed by atoms with Crippen molar-refractivity contribution in [2.75, 3.05) is 65.6 Å². The van der Waals surface area contributed by atoms with E-state index in [1.807, 2.05) is 0 Å². The molecule has 0 saturated carbocycles. The Hall–Kier alpha value is -0.690. The van der Waals surface area contributed by atoms with Crippen LogP contribution in [-0.4, -0.2) is 86.4 Å². The van der Waals surface area contributed by atoms with E-state index in [1.165, 1.54) is 32.5 Å². The van der Waals surface area contributed by atoms with Gasteiger partial charge in [-0.1, -0.05) is 0 Å². The van der Waals surface area contributed by atoms with E-state index in [1.54, 1.807) is 5.06 Å². The molecule has 130 valence electrons. The van der Waals surface area contributed by atoms with Gasteiger partial charge in [0, 0.05) is 26.2 Å². The molecule has 23 heavy (non-hydrogen) atoms.